The van der Waals surface area contributed by atoms with E-state index in [1.54, 1.807) is 4.90 Å². The molecule has 1 aliphatic heterocycles. The number of hydrogen-bond acceptors (Lipinski definition) is 3. The maximum absolute atomic E-state index is 12.4. The summed E-state index contributed by atoms with van der Waals surface area (Å²) in [6.07, 6.45) is 3.19. The third kappa shape index (κ3) is 5.41. The van der Waals surface area contributed by atoms with Crippen LogP contribution in [0.15, 0.2) is 12.1 Å². The van der Waals surface area contributed by atoms with Gasteiger partial charge in [-0.15, -0.1) is 0 Å². The second-order valence-corrected chi connectivity index (χ2v) is 6.92. The molecule has 0 saturated carbocycles. The molecule has 0 aromatic heterocycles. The Balaban J connectivity index is 1.73. The molecule has 2 amide bonds. The second kappa shape index (κ2) is 8.79. The summed E-state index contributed by atoms with van der Waals surface area (Å²) in [5.41, 5.74) is 3.90. The lowest BCUT2D eigenvalue weighted by Gasteiger charge is -2.15. The molecule has 1 N–H and O–H groups in total. The molecule has 25 heavy (non-hydrogen) atoms. The van der Waals surface area contributed by atoms with Gasteiger partial charge >= 0.3 is 0 Å². The van der Waals surface area contributed by atoms with Gasteiger partial charge in [-0.25, -0.2) is 0 Å². The molecule has 0 spiro atoms. The Morgan fingerprint density at radius 1 is 1.00 bits per heavy atom. The molecule has 1 aliphatic rings. The smallest absolute Gasteiger partial charge is 0.241 e. The van der Waals surface area contributed by atoms with Crippen LogP contribution < -0.4 is 5.32 Å². The molecule has 0 bridgehead atoms. The number of rotatable bonds is 7. The predicted octanol–water partition coefficient (Wildman–Crippen LogP) is 2.70. The lowest BCUT2D eigenvalue weighted by atomic mass is 9.94. The van der Waals surface area contributed by atoms with Crippen molar-refractivity contribution in [2.24, 2.45) is 0 Å². The van der Waals surface area contributed by atoms with E-state index in [0.29, 0.717) is 12.8 Å². The average molecular weight is 344 g/mol. The van der Waals surface area contributed by atoms with E-state index in [9.17, 15) is 14.4 Å². The summed E-state index contributed by atoms with van der Waals surface area (Å²) >= 11 is 0. The lowest BCUT2D eigenvalue weighted by molar-refractivity contribution is -0.132. The highest BCUT2D eigenvalue weighted by Gasteiger charge is 2.18. The molecular formula is C20H28N2O3. The standard InChI is InChI=1S/C20H28N2O3/c1-14-11-15(2)20(16(3)12-14)17(23)7-6-8-18(24)21-13-19(25)22-9-4-5-10-22/h11-12H,4-10,13H2,1-3H3,(H,21,24). The highest BCUT2D eigenvalue weighted by molar-refractivity contribution is 5.99. The molecule has 0 unspecified atom stereocenters. The minimum atomic E-state index is -0.169. The van der Waals surface area contributed by atoms with E-state index >= 15 is 0 Å². The molecule has 0 aliphatic carbocycles. The highest BCUT2D eigenvalue weighted by Crippen LogP contribution is 2.19. The SMILES string of the molecule is Cc1cc(C)c(C(=O)CCCC(=O)NCC(=O)N2CCCC2)c(C)c1. The van der Waals surface area contributed by atoms with Crippen molar-refractivity contribution in [1.82, 2.24) is 10.2 Å². The monoisotopic (exact) mass is 344 g/mol. The second-order valence-electron chi connectivity index (χ2n) is 6.92. The Morgan fingerprint density at radius 3 is 2.20 bits per heavy atom. The van der Waals surface area contributed by atoms with Gasteiger partial charge in [0.05, 0.1) is 6.54 Å². The maximum atomic E-state index is 12.4. The van der Waals surface area contributed by atoms with Crippen LogP contribution in [0, 0.1) is 20.8 Å². The molecule has 0 radical (unpaired) electrons. The quantitative estimate of drug-likeness (QED) is 0.774. The Morgan fingerprint density at radius 2 is 1.60 bits per heavy atom. The number of likely N-dealkylation sites (tertiary alicyclic amines) is 1. The molecule has 1 heterocycles. The van der Waals surface area contributed by atoms with Crippen LogP contribution >= 0.6 is 0 Å². The van der Waals surface area contributed by atoms with Crippen molar-refractivity contribution in [3.63, 3.8) is 0 Å². The zero-order valence-corrected chi connectivity index (χ0v) is 15.5. The van der Waals surface area contributed by atoms with Crippen LogP contribution in [0.1, 0.15) is 59.2 Å². The van der Waals surface area contributed by atoms with E-state index in [-0.39, 0.29) is 30.6 Å². The first-order chi connectivity index (χ1) is 11.9. The van der Waals surface area contributed by atoms with Gasteiger partial charge in [-0.2, -0.15) is 0 Å². The zero-order chi connectivity index (χ0) is 18.4. The summed E-state index contributed by atoms with van der Waals surface area (Å²) in [6, 6.07) is 4.02. The number of nitrogens with zero attached hydrogens (tertiary/aromatic N) is 1. The van der Waals surface area contributed by atoms with Gasteiger partial charge in [-0.1, -0.05) is 17.7 Å². The summed E-state index contributed by atoms with van der Waals surface area (Å²) in [7, 11) is 0. The zero-order valence-electron chi connectivity index (χ0n) is 15.5. The van der Waals surface area contributed by atoms with Gasteiger partial charge in [0.15, 0.2) is 5.78 Å². The number of hydrogen-bond donors (Lipinski definition) is 1. The average Bonchev–Trinajstić information content (AvgIpc) is 3.06. The van der Waals surface area contributed by atoms with Crippen molar-refractivity contribution in [2.45, 2.75) is 52.9 Å². The summed E-state index contributed by atoms with van der Waals surface area (Å²) < 4.78 is 0. The fourth-order valence-corrected chi connectivity index (χ4v) is 3.50. The summed E-state index contributed by atoms with van der Waals surface area (Å²) in [4.78, 5) is 38.0. The molecule has 5 nitrogen and oxygen atoms in total. The van der Waals surface area contributed by atoms with Crippen LogP contribution in [0.2, 0.25) is 0 Å². The highest BCUT2D eigenvalue weighted by atomic mass is 16.2. The van der Waals surface area contributed by atoms with E-state index in [1.807, 2.05) is 32.9 Å². The summed E-state index contributed by atoms with van der Waals surface area (Å²) in [5, 5.41) is 2.66. The first kappa shape index (κ1) is 19.2. The Bertz CT molecular complexity index is 638. The van der Waals surface area contributed by atoms with Crippen molar-refractivity contribution >= 4 is 17.6 Å². The van der Waals surface area contributed by atoms with Gasteiger partial charge in [0, 0.05) is 31.5 Å². The number of nitrogens with one attached hydrogen (secondary N) is 1. The Hall–Kier alpha value is -2.17. The lowest BCUT2D eigenvalue weighted by Crippen LogP contribution is -2.38. The molecular weight excluding hydrogens is 316 g/mol. The number of aryl methyl sites for hydroxylation is 3. The Kier molecular flexibility index (Phi) is 6.73. The van der Waals surface area contributed by atoms with Crippen molar-refractivity contribution in [3.8, 4) is 0 Å². The number of ketones is 1. The number of carbonyl (C=O) groups excluding carboxylic acids is 3. The van der Waals surface area contributed by atoms with Gasteiger partial charge in [-0.3, -0.25) is 14.4 Å². The van der Waals surface area contributed by atoms with Crippen LogP contribution in [0.4, 0.5) is 0 Å². The van der Waals surface area contributed by atoms with Gasteiger partial charge < -0.3 is 10.2 Å². The van der Waals surface area contributed by atoms with Gasteiger partial charge in [0.2, 0.25) is 11.8 Å². The molecule has 1 aromatic rings. The van der Waals surface area contributed by atoms with Crippen molar-refractivity contribution < 1.29 is 14.4 Å². The molecule has 1 fully saturated rings. The van der Waals surface area contributed by atoms with E-state index in [0.717, 1.165) is 48.2 Å². The van der Waals surface area contributed by atoms with Crippen molar-refractivity contribution in [2.75, 3.05) is 19.6 Å². The molecule has 0 atom stereocenters. The summed E-state index contributed by atoms with van der Waals surface area (Å²) in [5.74, 6) is -0.110. The first-order valence-electron chi connectivity index (χ1n) is 9.04. The maximum Gasteiger partial charge on any atom is 0.241 e. The fraction of sp³-hybridized carbons (Fsp3) is 0.550. The first-order valence-corrected chi connectivity index (χ1v) is 9.04. The third-order valence-electron chi connectivity index (χ3n) is 4.66. The molecule has 136 valence electrons. The van der Waals surface area contributed by atoms with Crippen LogP contribution in [-0.4, -0.2) is 42.1 Å². The number of amides is 2. The minimum absolute atomic E-state index is 0.0205. The third-order valence-corrected chi connectivity index (χ3v) is 4.66. The molecule has 2 rings (SSSR count). The molecule has 1 saturated heterocycles. The number of carbonyl (C=O) groups is 3. The largest absolute Gasteiger partial charge is 0.347 e. The van der Waals surface area contributed by atoms with Crippen molar-refractivity contribution in [1.29, 1.82) is 0 Å². The van der Waals surface area contributed by atoms with Gasteiger partial charge in [0.1, 0.15) is 0 Å². The van der Waals surface area contributed by atoms with E-state index < -0.39 is 0 Å². The van der Waals surface area contributed by atoms with E-state index in [4.69, 9.17) is 0 Å². The minimum Gasteiger partial charge on any atom is -0.347 e. The van der Waals surface area contributed by atoms with Gasteiger partial charge in [-0.05, 0) is 51.2 Å². The molecule has 5 heteroatoms. The van der Waals surface area contributed by atoms with Crippen LogP contribution in [0.25, 0.3) is 0 Å². The Labute approximate surface area is 149 Å². The van der Waals surface area contributed by atoms with E-state index in [2.05, 4.69) is 5.32 Å². The topological polar surface area (TPSA) is 66.5 Å². The van der Waals surface area contributed by atoms with Crippen molar-refractivity contribution in [3.05, 3.63) is 34.4 Å². The number of Topliss-reactive ketones (excluding diaryl/α,β-unsaturated/α-hetero) is 1. The predicted molar refractivity (Wildman–Crippen MR) is 97.7 cm³/mol. The number of benzene rings is 1. The van der Waals surface area contributed by atoms with Crippen LogP contribution in [-0.2, 0) is 9.59 Å². The van der Waals surface area contributed by atoms with Gasteiger partial charge in [0.25, 0.3) is 0 Å². The van der Waals surface area contributed by atoms with E-state index in [1.165, 1.54) is 0 Å². The summed E-state index contributed by atoms with van der Waals surface area (Å²) in [6.45, 7) is 7.55. The normalized spacial score (nSPS) is 13.8. The fourth-order valence-electron chi connectivity index (χ4n) is 3.50. The van der Waals surface area contributed by atoms with Crippen LogP contribution in [0.5, 0.6) is 0 Å². The van der Waals surface area contributed by atoms with Crippen LogP contribution in [0.3, 0.4) is 0 Å². The molecule has 1 aromatic carbocycles.